The first-order chi connectivity index (χ1) is 10.8. The largest absolute Gasteiger partial charge is 0.496 e. The minimum atomic E-state index is -0.291. The summed E-state index contributed by atoms with van der Waals surface area (Å²) in [6.45, 7) is 4.68. The lowest BCUT2D eigenvalue weighted by atomic mass is 10.0. The quantitative estimate of drug-likeness (QED) is 0.856. The van der Waals surface area contributed by atoms with Crippen molar-refractivity contribution in [2.75, 3.05) is 40.0 Å². The summed E-state index contributed by atoms with van der Waals surface area (Å²) in [7, 11) is 1.71. The third-order valence-electron chi connectivity index (χ3n) is 4.44. The third kappa shape index (κ3) is 3.69. The van der Waals surface area contributed by atoms with E-state index in [4.69, 9.17) is 14.2 Å². The number of para-hydroxylation sites is 1. The first kappa shape index (κ1) is 15.5. The van der Waals surface area contributed by atoms with Crippen LogP contribution in [-0.4, -0.2) is 50.6 Å². The molecule has 2 saturated heterocycles. The van der Waals surface area contributed by atoms with Gasteiger partial charge in [-0.25, -0.2) is 0 Å². The van der Waals surface area contributed by atoms with Crippen LogP contribution in [0.3, 0.4) is 0 Å². The molecule has 0 atom stereocenters. The van der Waals surface area contributed by atoms with Gasteiger partial charge in [0.2, 0.25) is 0 Å². The zero-order valence-corrected chi connectivity index (χ0v) is 13.3. The molecule has 0 amide bonds. The molecule has 1 aromatic rings. The van der Waals surface area contributed by atoms with Crippen molar-refractivity contribution >= 4 is 6.08 Å². The minimum absolute atomic E-state index is 0.291. The van der Waals surface area contributed by atoms with Gasteiger partial charge in [0.1, 0.15) is 5.75 Å². The highest BCUT2D eigenvalue weighted by Crippen LogP contribution is 2.30. The van der Waals surface area contributed by atoms with E-state index in [0.29, 0.717) is 0 Å². The summed E-state index contributed by atoms with van der Waals surface area (Å²) in [5.41, 5.74) is 1.12. The lowest BCUT2D eigenvalue weighted by molar-refractivity contribution is -0.283. The Morgan fingerprint density at radius 3 is 2.64 bits per heavy atom. The number of methoxy groups -OCH3 is 1. The number of likely N-dealkylation sites (tertiary alicyclic amines) is 1. The minimum Gasteiger partial charge on any atom is -0.496 e. The van der Waals surface area contributed by atoms with E-state index < -0.39 is 0 Å². The molecule has 1 aromatic carbocycles. The van der Waals surface area contributed by atoms with Gasteiger partial charge in [-0.05, 0) is 12.5 Å². The SMILES string of the molecule is COc1ccccc1C=CCN1CCC2(CC1)OCCCO2. The number of hydrogen-bond acceptors (Lipinski definition) is 4. The molecule has 120 valence electrons. The average molecular weight is 303 g/mol. The second-order valence-electron chi connectivity index (χ2n) is 5.91. The van der Waals surface area contributed by atoms with Crippen LogP contribution >= 0.6 is 0 Å². The van der Waals surface area contributed by atoms with Gasteiger partial charge in [-0.2, -0.15) is 0 Å². The highest BCUT2D eigenvalue weighted by Gasteiger charge is 2.37. The number of benzene rings is 1. The molecule has 1 spiro atoms. The first-order valence-corrected chi connectivity index (χ1v) is 8.11. The summed E-state index contributed by atoms with van der Waals surface area (Å²) >= 11 is 0. The van der Waals surface area contributed by atoms with Crippen LogP contribution in [0.5, 0.6) is 5.75 Å². The Bertz CT molecular complexity index is 499. The Hall–Kier alpha value is -1.36. The number of rotatable bonds is 4. The van der Waals surface area contributed by atoms with E-state index >= 15 is 0 Å². The molecule has 2 fully saturated rings. The van der Waals surface area contributed by atoms with Gasteiger partial charge in [0.15, 0.2) is 5.79 Å². The van der Waals surface area contributed by atoms with Crippen LogP contribution < -0.4 is 4.74 Å². The molecule has 0 radical (unpaired) electrons. The fourth-order valence-electron chi connectivity index (χ4n) is 3.11. The molecule has 0 unspecified atom stereocenters. The topological polar surface area (TPSA) is 30.9 Å². The Morgan fingerprint density at radius 1 is 1.18 bits per heavy atom. The van der Waals surface area contributed by atoms with Crippen LogP contribution in [0.15, 0.2) is 30.3 Å². The molecule has 4 heteroatoms. The van der Waals surface area contributed by atoms with Crippen molar-refractivity contribution in [3.8, 4) is 5.75 Å². The lowest BCUT2D eigenvalue weighted by Crippen LogP contribution is -2.50. The predicted molar refractivity (Wildman–Crippen MR) is 87.0 cm³/mol. The molecule has 4 nitrogen and oxygen atoms in total. The number of ether oxygens (including phenoxy) is 3. The standard InChI is InChI=1S/C18H25NO3/c1-20-17-8-3-2-6-16(17)7-4-11-19-12-9-18(10-13-19)21-14-5-15-22-18/h2-4,6-8H,5,9-15H2,1H3. The second kappa shape index (κ2) is 7.27. The molecular weight excluding hydrogens is 278 g/mol. The summed E-state index contributed by atoms with van der Waals surface area (Å²) in [5, 5.41) is 0. The van der Waals surface area contributed by atoms with Gasteiger partial charge in [-0.3, -0.25) is 4.90 Å². The highest BCUT2D eigenvalue weighted by atomic mass is 16.7. The number of piperidine rings is 1. The molecule has 22 heavy (non-hydrogen) atoms. The van der Waals surface area contributed by atoms with Gasteiger partial charge in [-0.1, -0.05) is 30.4 Å². The van der Waals surface area contributed by atoms with Gasteiger partial charge in [0.05, 0.1) is 20.3 Å². The van der Waals surface area contributed by atoms with Crippen LogP contribution in [0.4, 0.5) is 0 Å². The van der Waals surface area contributed by atoms with Gasteiger partial charge < -0.3 is 14.2 Å². The van der Waals surface area contributed by atoms with Crippen molar-refractivity contribution in [2.24, 2.45) is 0 Å². The second-order valence-corrected chi connectivity index (χ2v) is 5.91. The maximum Gasteiger partial charge on any atom is 0.170 e. The molecule has 0 N–H and O–H groups in total. The van der Waals surface area contributed by atoms with Crippen LogP contribution in [0.1, 0.15) is 24.8 Å². The van der Waals surface area contributed by atoms with Crippen LogP contribution in [0.2, 0.25) is 0 Å². The van der Waals surface area contributed by atoms with E-state index in [1.54, 1.807) is 7.11 Å². The van der Waals surface area contributed by atoms with Crippen LogP contribution in [0, 0.1) is 0 Å². The van der Waals surface area contributed by atoms with Crippen molar-refractivity contribution in [3.63, 3.8) is 0 Å². The van der Waals surface area contributed by atoms with Crippen molar-refractivity contribution in [1.29, 1.82) is 0 Å². The van der Waals surface area contributed by atoms with E-state index in [0.717, 1.165) is 63.4 Å². The van der Waals surface area contributed by atoms with Gasteiger partial charge >= 0.3 is 0 Å². The van der Waals surface area contributed by atoms with Crippen molar-refractivity contribution < 1.29 is 14.2 Å². The molecule has 2 heterocycles. The van der Waals surface area contributed by atoms with Crippen molar-refractivity contribution in [3.05, 3.63) is 35.9 Å². The predicted octanol–water partition coefficient (Wildman–Crippen LogP) is 2.94. The normalized spacial score (nSPS) is 22.2. The fraction of sp³-hybridized carbons (Fsp3) is 0.556. The van der Waals surface area contributed by atoms with Gasteiger partial charge in [-0.15, -0.1) is 0 Å². The smallest absolute Gasteiger partial charge is 0.170 e. The monoisotopic (exact) mass is 303 g/mol. The summed E-state index contributed by atoms with van der Waals surface area (Å²) < 4.78 is 17.1. The first-order valence-electron chi connectivity index (χ1n) is 8.11. The van der Waals surface area contributed by atoms with E-state index in [1.165, 1.54) is 0 Å². The Labute approximate surface area is 132 Å². The van der Waals surface area contributed by atoms with E-state index in [2.05, 4.69) is 23.1 Å². The molecule has 2 aliphatic heterocycles. The van der Waals surface area contributed by atoms with Crippen LogP contribution in [-0.2, 0) is 9.47 Å². The molecule has 2 aliphatic rings. The van der Waals surface area contributed by atoms with Gasteiger partial charge in [0.25, 0.3) is 0 Å². The summed E-state index contributed by atoms with van der Waals surface area (Å²) in [4.78, 5) is 2.44. The third-order valence-corrected chi connectivity index (χ3v) is 4.44. The molecule has 0 saturated carbocycles. The van der Waals surface area contributed by atoms with Gasteiger partial charge in [0, 0.05) is 38.0 Å². The Morgan fingerprint density at radius 2 is 1.91 bits per heavy atom. The lowest BCUT2D eigenvalue weighted by Gasteiger charge is -2.43. The zero-order valence-electron chi connectivity index (χ0n) is 13.3. The van der Waals surface area contributed by atoms with E-state index in [1.807, 2.05) is 18.2 Å². The van der Waals surface area contributed by atoms with Crippen molar-refractivity contribution in [2.45, 2.75) is 25.0 Å². The van der Waals surface area contributed by atoms with Crippen LogP contribution in [0.25, 0.3) is 6.08 Å². The molecule has 0 aliphatic carbocycles. The maximum absolute atomic E-state index is 5.88. The molecule has 0 aromatic heterocycles. The fourth-order valence-corrected chi connectivity index (χ4v) is 3.11. The number of hydrogen-bond donors (Lipinski definition) is 0. The summed E-state index contributed by atoms with van der Waals surface area (Å²) in [5.74, 6) is 0.626. The Balaban J connectivity index is 1.49. The molecular formula is C18H25NO3. The summed E-state index contributed by atoms with van der Waals surface area (Å²) in [6.07, 6.45) is 7.30. The molecule has 3 rings (SSSR count). The van der Waals surface area contributed by atoms with E-state index in [-0.39, 0.29) is 5.79 Å². The zero-order chi connectivity index (χ0) is 15.3. The highest BCUT2D eigenvalue weighted by molar-refractivity contribution is 5.57. The average Bonchev–Trinajstić information content (AvgIpc) is 2.58. The maximum atomic E-state index is 5.88. The number of nitrogens with zero attached hydrogens (tertiary/aromatic N) is 1. The van der Waals surface area contributed by atoms with E-state index in [9.17, 15) is 0 Å². The van der Waals surface area contributed by atoms with Crippen molar-refractivity contribution in [1.82, 2.24) is 4.90 Å². The molecule has 0 bridgehead atoms. The Kier molecular flexibility index (Phi) is 5.13. The summed E-state index contributed by atoms with van der Waals surface area (Å²) in [6, 6.07) is 8.08.